The molecule has 2 aromatic carbocycles. The van der Waals surface area contributed by atoms with E-state index in [1.165, 1.54) is 0 Å². The highest BCUT2D eigenvalue weighted by Crippen LogP contribution is 2.17. The molecule has 0 aliphatic rings. The fourth-order valence-corrected chi connectivity index (χ4v) is 2.14. The zero-order valence-corrected chi connectivity index (χ0v) is 12.8. The van der Waals surface area contributed by atoms with E-state index in [9.17, 15) is 0 Å². The zero-order chi connectivity index (χ0) is 15.9. The number of aromatic nitrogens is 2. The molecule has 0 aliphatic heterocycles. The largest absolute Gasteiger partial charge is 0.497 e. The summed E-state index contributed by atoms with van der Waals surface area (Å²) < 4.78 is 5.18. The van der Waals surface area contributed by atoms with Gasteiger partial charge in [-0.15, -0.1) is 0 Å². The molecule has 3 aromatic rings. The lowest BCUT2D eigenvalue weighted by atomic mass is 10.1. The molecule has 0 saturated heterocycles. The second kappa shape index (κ2) is 7.15. The predicted molar refractivity (Wildman–Crippen MR) is 92.9 cm³/mol. The number of methoxy groups -OCH3 is 1. The van der Waals surface area contributed by atoms with E-state index in [0.29, 0.717) is 0 Å². The topological polar surface area (TPSA) is 37.9 Å². The van der Waals surface area contributed by atoms with Crippen LogP contribution in [0.15, 0.2) is 66.7 Å². The van der Waals surface area contributed by atoms with Gasteiger partial charge in [0.25, 0.3) is 0 Å². The summed E-state index contributed by atoms with van der Waals surface area (Å²) in [5.41, 5.74) is 3.85. The van der Waals surface area contributed by atoms with Gasteiger partial charge in [-0.25, -0.2) is 0 Å². The third-order valence-electron chi connectivity index (χ3n) is 3.30. The highest BCUT2D eigenvalue weighted by Gasteiger charge is 2.00. The third kappa shape index (κ3) is 3.90. The van der Waals surface area contributed by atoms with Crippen molar-refractivity contribution in [3.63, 3.8) is 0 Å². The summed E-state index contributed by atoms with van der Waals surface area (Å²) in [6.07, 6.45) is 3.72. The zero-order valence-electron chi connectivity index (χ0n) is 12.8. The average Bonchev–Trinajstić information content (AvgIpc) is 3.09. The second-order valence-corrected chi connectivity index (χ2v) is 4.91. The van der Waals surface area contributed by atoms with E-state index in [1.807, 2.05) is 72.8 Å². The highest BCUT2D eigenvalue weighted by atomic mass is 16.5. The summed E-state index contributed by atoms with van der Waals surface area (Å²) in [5, 5.41) is 7.30. The van der Waals surface area contributed by atoms with E-state index >= 15 is 0 Å². The minimum atomic E-state index is 0.807. The van der Waals surface area contributed by atoms with Gasteiger partial charge in [-0.2, -0.15) is 5.10 Å². The molecule has 3 nitrogen and oxygen atoms in total. The molecule has 1 N–H and O–H groups in total. The van der Waals surface area contributed by atoms with Crippen molar-refractivity contribution < 1.29 is 4.74 Å². The number of allylic oxidation sites excluding steroid dienone is 1. The molecule has 1 aromatic heterocycles. The summed E-state index contributed by atoms with van der Waals surface area (Å²) in [4.78, 5) is 0. The number of ether oxygens (including phenoxy) is 1. The number of nitrogens with zero attached hydrogens (tertiary/aromatic N) is 1. The Kier molecular flexibility index (Phi) is 4.56. The number of benzene rings is 2. The van der Waals surface area contributed by atoms with Crippen LogP contribution >= 0.6 is 0 Å². The quantitative estimate of drug-likeness (QED) is 0.738. The molecule has 23 heavy (non-hydrogen) atoms. The van der Waals surface area contributed by atoms with Crippen molar-refractivity contribution >= 4 is 6.08 Å². The van der Waals surface area contributed by atoms with Crippen LogP contribution in [0, 0.1) is 11.8 Å². The van der Waals surface area contributed by atoms with Crippen molar-refractivity contribution in [1.82, 2.24) is 10.2 Å². The molecule has 0 saturated carbocycles. The van der Waals surface area contributed by atoms with Gasteiger partial charge in [-0.05, 0) is 36.4 Å². The van der Waals surface area contributed by atoms with E-state index in [0.717, 1.165) is 28.3 Å². The van der Waals surface area contributed by atoms with Gasteiger partial charge in [0.15, 0.2) is 0 Å². The Morgan fingerprint density at radius 2 is 1.91 bits per heavy atom. The van der Waals surface area contributed by atoms with E-state index < -0.39 is 0 Å². The van der Waals surface area contributed by atoms with Gasteiger partial charge < -0.3 is 4.74 Å². The Bertz CT molecular complexity index is 867. The number of hydrogen-bond acceptors (Lipinski definition) is 2. The second-order valence-electron chi connectivity index (χ2n) is 4.91. The van der Waals surface area contributed by atoms with E-state index in [4.69, 9.17) is 4.74 Å². The number of rotatable bonds is 3. The molecule has 0 bridgehead atoms. The highest BCUT2D eigenvalue weighted by molar-refractivity contribution is 5.63. The van der Waals surface area contributed by atoms with Crippen molar-refractivity contribution in [2.45, 2.75) is 0 Å². The van der Waals surface area contributed by atoms with Gasteiger partial charge in [-0.3, -0.25) is 5.10 Å². The normalized spacial score (nSPS) is 10.3. The van der Waals surface area contributed by atoms with E-state index in [-0.39, 0.29) is 0 Å². The maximum Gasteiger partial charge on any atom is 0.120 e. The maximum absolute atomic E-state index is 5.18. The lowest BCUT2D eigenvalue weighted by Gasteiger charge is -1.97. The summed E-state index contributed by atoms with van der Waals surface area (Å²) in [7, 11) is 1.65. The van der Waals surface area contributed by atoms with Crippen LogP contribution in [0.1, 0.15) is 11.3 Å². The Morgan fingerprint density at radius 1 is 1.04 bits per heavy atom. The molecule has 3 rings (SSSR count). The van der Waals surface area contributed by atoms with Crippen molar-refractivity contribution in [3.8, 4) is 28.8 Å². The van der Waals surface area contributed by atoms with Crippen LogP contribution in [0.5, 0.6) is 5.75 Å². The first-order chi connectivity index (χ1) is 11.3. The molecule has 112 valence electrons. The van der Waals surface area contributed by atoms with Crippen LogP contribution in [0.4, 0.5) is 0 Å². The molecule has 0 spiro atoms. The molecule has 0 atom stereocenters. The number of hydrogen-bond donors (Lipinski definition) is 1. The first kappa shape index (κ1) is 14.7. The van der Waals surface area contributed by atoms with Crippen molar-refractivity contribution in [2.24, 2.45) is 0 Å². The van der Waals surface area contributed by atoms with Crippen molar-refractivity contribution in [2.75, 3.05) is 7.11 Å². The third-order valence-corrected chi connectivity index (χ3v) is 3.30. The molecule has 0 amide bonds. The number of aromatic amines is 1. The molecule has 1 heterocycles. The van der Waals surface area contributed by atoms with Crippen molar-refractivity contribution in [3.05, 3.63) is 78.0 Å². The molecule has 0 unspecified atom stereocenters. The Hall–Kier alpha value is -3.25. The van der Waals surface area contributed by atoms with Crippen LogP contribution in [-0.2, 0) is 0 Å². The minimum Gasteiger partial charge on any atom is -0.497 e. The molecule has 0 fully saturated rings. The average molecular weight is 300 g/mol. The van der Waals surface area contributed by atoms with Gasteiger partial charge in [0.1, 0.15) is 5.75 Å². The number of H-pyrrole nitrogens is 1. The van der Waals surface area contributed by atoms with Gasteiger partial charge in [0, 0.05) is 11.1 Å². The Balaban J connectivity index is 1.70. The SMILES string of the molecule is COc1cccc(C#C/C=C\c2cc(-c3ccccc3)n[nH]2)c1. The fourth-order valence-electron chi connectivity index (χ4n) is 2.14. The monoisotopic (exact) mass is 300 g/mol. The van der Waals surface area contributed by atoms with Gasteiger partial charge in [-0.1, -0.05) is 48.2 Å². The van der Waals surface area contributed by atoms with E-state index in [2.05, 4.69) is 22.0 Å². The Labute approximate surface area is 135 Å². The van der Waals surface area contributed by atoms with Crippen molar-refractivity contribution in [1.29, 1.82) is 0 Å². The molecule has 0 radical (unpaired) electrons. The lowest BCUT2D eigenvalue weighted by molar-refractivity contribution is 0.414. The summed E-state index contributed by atoms with van der Waals surface area (Å²) in [6.45, 7) is 0. The van der Waals surface area contributed by atoms with Crippen LogP contribution in [0.2, 0.25) is 0 Å². The first-order valence-corrected chi connectivity index (χ1v) is 7.28. The predicted octanol–water partition coefficient (Wildman–Crippen LogP) is 4.15. The summed E-state index contributed by atoms with van der Waals surface area (Å²) in [5.74, 6) is 6.90. The van der Waals surface area contributed by atoms with Gasteiger partial charge in [0.05, 0.1) is 18.5 Å². The summed E-state index contributed by atoms with van der Waals surface area (Å²) in [6, 6.07) is 19.7. The van der Waals surface area contributed by atoms with Crippen LogP contribution in [0.25, 0.3) is 17.3 Å². The van der Waals surface area contributed by atoms with Crippen LogP contribution in [0.3, 0.4) is 0 Å². The van der Waals surface area contributed by atoms with Gasteiger partial charge in [0.2, 0.25) is 0 Å². The standard InChI is InChI=1S/C20H16N2O/c1-23-19-13-7-9-16(14-19)8-5-6-12-18-15-20(22-21-18)17-10-3-2-4-11-17/h2-4,6-7,9-15H,1H3,(H,21,22)/b12-6-. The van der Waals surface area contributed by atoms with E-state index in [1.54, 1.807) is 7.11 Å². The smallest absolute Gasteiger partial charge is 0.120 e. The van der Waals surface area contributed by atoms with Crippen LogP contribution < -0.4 is 4.74 Å². The minimum absolute atomic E-state index is 0.807. The molecular formula is C20H16N2O. The first-order valence-electron chi connectivity index (χ1n) is 7.28. The fraction of sp³-hybridized carbons (Fsp3) is 0.0500. The Morgan fingerprint density at radius 3 is 2.74 bits per heavy atom. The van der Waals surface area contributed by atoms with Gasteiger partial charge >= 0.3 is 0 Å². The number of nitrogens with one attached hydrogen (secondary N) is 1. The van der Waals surface area contributed by atoms with Crippen LogP contribution in [-0.4, -0.2) is 17.3 Å². The lowest BCUT2D eigenvalue weighted by Crippen LogP contribution is -1.82. The molecule has 0 aliphatic carbocycles. The molecular weight excluding hydrogens is 284 g/mol. The maximum atomic E-state index is 5.18. The molecule has 3 heteroatoms. The summed E-state index contributed by atoms with van der Waals surface area (Å²) >= 11 is 0.